The van der Waals surface area contributed by atoms with E-state index in [9.17, 15) is 5.11 Å². The Labute approximate surface area is 175 Å². The zero-order valence-corrected chi connectivity index (χ0v) is 17.9. The van der Waals surface area contributed by atoms with E-state index in [4.69, 9.17) is 0 Å². The van der Waals surface area contributed by atoms with E-state index in [2.05, 4.69) is 64.1 Å². The Morgan fingerprint density at radius 1 is 1.14 bits per heavy atom. The molecule has 5 heteroatoms. The highest BCUT2D eigenvalue weighted by Crippen LogP contribution is 2.41. The van der Waals surface area contributed by atoms with Crippen molar-refractivity contribution in [1.82, 2.24) is 13.8 Å². The summed E-state index contributed by atoms with van der Waals surface area (Å²) in [5.41, 5.74) is 7.21. The van der Waals surface area contributed by atoms with Gasteiger partial charge in [-0.3, -0.25) is 0 Å². The van der Waals surface area contributed by atoms with Gasteiger partial charge in [0.15, 0.2) is 0 Å². The van der Waals surface area contributed by atoms with Crippen LogP contribution in [0.1, 0.15) is 37.5 Å². The molecule has 2 aromatic heterocycles. The smallest absolute Gasteiger partial charge is 0.0840 e. The Morgan fingerprint density at radius 2 is 1.97 bits per heavy atom. The van der Waals surface area contributed by atoms with Gasteiger partial charge in [-0.05, 0) is 72.9 Å². The van der Waals surface area contributed by atoms with Crippen LogP contribution in [-0.4, -0.2) is 38.6 Å². The van der Waals surface area contributed by atoms with Gasteiger partial charge in [0.05, 0.1) is 11.8 Å². The lowest BCUT2D eigenvalue weighted by Gasteiger charge is -2.19. The van der Waals surface area contributed by atoms with Crippen molar-refractivity contribution in [2.75, 3.05) is 19.6 Å². The van der Waals surface area contributed by atoms with E-state index in [-0.39, 0.29) is 6.10 Å². The second-order valence-electron chi connectivity index (χ2n) is 7.88. The van der Waals surface area contributed by atoms with Crippen LogP contribution in [0, 0.1) is 0 Å². The van der Waals surface area contributed by atoms with Gasteiger partial charge in [-0.2, -0.15) is 4.37 Å². The predicted molar refractivity (Wildman–Crippen MR) is 122 cm³/mol. The van der Waals surface area contributed by atoms with Crippen molar-refractivity contribution in [3.63, 3.8) is 0 Å². The van der Waals surface area contributed by atoms with Crippen LogP contribution in [0.4, 0.5) is 0 Å². The first-order chi connectivity index (χ1) is 14.2. The Hall–Kier alpha value is -2.21. The number of nitrogens with zero attached hydrogens (tertiary/aromatic N) is 3. The third-order valence-corrected chi connectivity index (χ3v) is 7.03. The number of hydrogen-bond acceptors (Lipinski definition) is 4. The molecule has 0 aliphatic heterocycles. The molecule has 0 saturated carbocycles. The molecule has 4 nitrogen and oxygen atoms in total. The molecule has 0 fully saturated rings. The molecule has 0 saturated heterocycles. The van der Waals surface area contributed by atoms with Gasteiger partial charge in [-0.1, -0.05) is 26.0 Å². The van der Waals surface area contributed by atoms with Crippen LogP contribution in [0.3, 0.4) is 0 Å². The van der Waals surface area contributed by atoms with E-state index < -0.39 is 0 Å². The Kier molecular flexibility index (Phi) is 4.90. The summed E-state index contributed by atoms with van der Waals surface area (Å²) >= 11 is 1.49. The van der Waals surface area contributed by atoms with Crippen molar-refractivity contribution in [3.8, 4) is 11.3 Å². The summed E-state index contributed by atoms with van der Waals surface area (Å²) in [7, 11) is 0. The maximum absolute atomic E-state index is 10.4. The van der Waals surface area contributed by atoms with Crippen molar-refractivity contribution >= 4 is 33.3 Å². The van der Waals surface area contributed by atoms with Crippen molar-refractivity contribution in [2.45, 2.75) is 39.3 Å². The summed E-state index contributed by atoms with van der Waals surface area (Å²) in [6.07, 6.45) is 1.45. The molecular weight excluding hydrogens is 378 g/mol. The van der Waals surface area contributed by atoms with Crippen LogP contribution in [0.5, 0.6) is 0 Å². The van der Waals surface area contributed by atoms with Crippen molar-refractivity contribution < 1.29 is 5.11 Å². The van der Waals surface area contributed by atoms with E-state index in [1.165, 1.54) is 38.9 Å². The normalized spacial score (nSPS) is 16.3. The minimum atomic E-state index is -0.329. The van der Waals surface area contributed by atoms with E-state index in [0.29, 0.717) is 0 Å². The summed E-state index contributed by atoms with van der Waals surface area (Å²) < 4.78 is 7.01. The lowest BCUT2D eigenvalue weighted by molar-refractivity contribution is 0.180. The zero-order valence-electron chi connectivity index (χ0n) is 17.1. The zero-order chi connectivity index (χ0) is 20.0. The molecule has 29 heavy (non-hydrogen) atoms. The fourth-order valence-corrected chi connectivity index (χ4v) is 5.37. The number of hydrogen-bond donors (Lipinski definition) is 1. The van der Waals surface area contributed by atoms with Crippen LogP contribution in [0.15, 0.2) is 41.8 Å². The fraction of sp³-hybridized carbons (Fsp3) is 0.375. The molecule has 0 radical (unpaired) electrons. The van der Waals surface area contributed by atoms with Gasteiger partial charge >= 0.3 is 0 Å². The number of aryl methyl sites for hydroxylation is 1. The van der Waals surface area contributed by atoms with Crippen molar-refractivity contribution in [3.05, 3.63) is 52.9 Å². The number of fused-ring (bicyclic) bond motifs is 5. The topological polar surface area (TPSA) is 41.3 Å². The average molecular weight is 406 g/mol. The molecule has 1 atom stereocenters. The lowest BCUT2D eigenvalue weighted by atomic mass is 10.0. The number of aliphatic hydroxyl groups is 1. The molecule has 1 aliphatic carbocycles. The average Bonchev–Trinajstić information content (AvgIpc) is 3.47. The van der Waals surface area contributed by atoms with Crippen LogP contribution in [0.25, 0.3) is 33.1 Å². The first kappa shape index (κ1) is 18.8. The SMILES string of the molecule is CCN(CC)CCn1c2ccc(-c3ccsn3)cc2c2c3c(ccc21)C(O)CC3. The van der Waals surface area contributed by atoms with Gasteiger partial charge in [0.1, 0.15) is 0 Å². The Morgan fingerprint density at radius 3 is 2.72 bits per heavy atom. The molecule has 150 valence electrons. The lowest BCUT2D eigenvalue weighted by Crippen LogP contribution is -2.26. The van der Waals surface area contributed by atoms with Gasteiger partial charge < -0.3 is 14.6 Å². The van der Waals surface area contributed by atoms with E-state index in [1.54, 1.807) is 0 Å². The maximum atomic E-state index is 10.4. The van der Waals surface area contributed by atoms with E-state index in [1.807, 2.05) is 5.38 Å². The van der Waals surface area contributed by atoms with Crippen LogP contribution in [-0.2, 0) is 13.0 Å². The maximum Gasteiger partial charge on any atom is 0.0840 e. The number of likely N-dealkylation sites (N-methyl/N-ethyl adjacent to an activating group) is 1. The first-order valence-electron chi connectivity index (χ1n) is 10.6. The van der Waals surface area contributed by atoms with Gasteiger partial charge in [0.2, 0.25) is 0 Å². The number of benzene rings is 2. The number of aromatic nitrogens is 2. The van der Waals surface area contributed by atoms with Crippen LogP contribution < -0.4 is 0 Å². The standard InChI is InChI=1S/C24H27N3OS/c1-3-26(4-2)12-13-27-21-8-5-16(20-11-14-29-25-20)15-19(21)24-18-7-10-23(28)17(18)6-9-22(24)27/h5-6,8-9,11,14-15,23,28H,3-4,7,10,12-13H2,1-2H3. The molecule has 4 aromatic rings. The summed E-state index contributed by atoms with van der Waals surface area (Å²) in [4.78, 5) is 2.47. The molecular formula is C24H27N3OS. The summed E-state index contributed by atoms with van der Waals surface area (Å²) in [6, 6.07) is 13.2. The monoisotopic (exact) mass is 405 g/mol. The second kappa shape index (κ2) is 7.56. The highest BCUT2D eigenvalue weighted by atomic mass is 32.1. The molecule has 2 heterocycles. The molecule has 1 N–H and O–H groups in total. The fourth-order valence-electron chi connectivity index (χ4n) is 4.84. The molecule has 2 aromatic carbocycles. The van der Waals surface area contributed by atoms with Gasteiger partial charge in [-0.25, -0.2) is 0 Å². The first-order valence-corrected chi connectivity index (χ1v) is 11.4. The molecule has 0 bridgehead atoms. The molecule has 1 aliphatic rings. The predicted octanol–water partition coefficient (Wildman–Crippen LogP) is 5.24. The van der Waals surface area contributed by atoms with Gasteiger partial charge in [-0.15, -0.1) is 0 Å². The van der Waals surface area contributed by atoms with Crippen molar-refractivity contribution in [2.24, 2.45) is 0 Å². The van der Waals surface area contributed by atoms with Crippen molar-refractivity contribution in [1.29, 1.82) is 0 Å². The van der Waals surface area contributed by atoms with Gasteiger partial charge in [0.25, 0.3) is 0 Å². The van der Waals surface area contributed by atoms with Crippen LogP contribution >= 0.6 is 11.5 Å². The third kappa shape index (κ3) is 3.08. The van der Waals surface area contributed by atoms with E-state index in [0.717, 1.165) is 55.8 Å². The van der Waals surface area contributed by atoms with Crippen LogP contribution in [0.2, 0.25) is 0 Å². The van der Waals surface area contributed by atoms with E-state index >= 15 is 0 Å². The Balaban J connectivity index is 1.73. The largest absolute Gasteiger partial charge is 0.388 e. The minimum Gasteiger partial charge on any atom is -0.388 e. The number of aliphatic hydroxyl groups excluding tert-OH is 1. The second-order valence-corrected chi connectivity index (χ2v) is 8.54. The molecule has 5 rings (SSSR count). The highest BCUT2D eigenvalue weighted by molar-refractivity contribution is 7.03. The minimum absolute atomic E-state index is 0.329. The molecule has 1 unspecified atom stereocenters. The number of rotatable bonds is 6. The quantitative estimate of drug-likeness (QED) is 0.477. The molecule has 0 spiro atoms. The Bertz CT molecular complexity index is 1160. The molecule has 0 amide bonds. The summed E-state index contributed by atoms with van der Waals surface area (Å²) in [5, 5.41) is 15.1. The highest BCUT2D eigenvalue weighted by Gasteiger charge is 2.25. The summed E-state index contributed by atoms with van der Waals surface area (Å²) in [6.45, 7) is 8.61. The third-order valence-electron chi connectivity index (χ3n) is 6.47. The van der Waals surface area contributed by atoms with Gasteiger partial charge in [0, 0.05) is 45.8 Å². The summed E-state index contributed by atoms with van der Waals surface area (Å²) in [5.74, 6) is 0.